The van der Waals surface area contributed by atoms with Crippen molar-refractivity contribution in [3.8, 4) is 0 Å². The first-order valence-corrected chi connectivity index (χ1v) is 6.31. The molecular formula is C14H11NS2. The van der Waals surface area contributed by atoms with Gasteiger partial charge in [-0.3, -0.25) is 0 Å². The van der Waals surface area contributed by atoms with E-state index in [-0.39, 0.29) is 0 Å². The summed E-state index contributed by atoms with van der Waals surface area (Å²) in [7, 11) is 0. The van der Waals surface area contributed by atoms with Gasteiger partial charge in [0.1, 0.15) is 0 Å². The van der Waals surface area contributed by atoms with Crippen molar-refractivity contribution in [2.45, 2.75) is 6.42 Å². The molecule has 1 heterocycles. The van der Waals surface area contributed by atoms with Gasteiger partial charge in [-0.25, -0.2) is 0 Å². The second-order valence-corrected chi connectivity index (χ2v) is 5.25. The molecule has 1 nitrogen and oxygen atoms in total. The molecule has 3 heteroatoms. The van der Waals surface area contributed by atoms with Crippen LogP contribution in [0.25, 0.3) is 0 Å². The van der Waals surface area contributed by atoms with Gasteiger partial charge in [0, 0.05) is 23.4 Å². The van der Waals surface area contributed by atoms with Gasteiger partial charge < -0.3 is 5.32 Å². The van der Waals surface area contributed by atoms with Crippen molar-refractivity contribution >= 4 is 40.4 Å². The molecule has 0 aliphatic carbocycles. The number of nitrogens with one attached hydrogen (secondary N) is 1. The third-order valence-corrected chi connectivity index (χ3v) is 3.52. The van der Waals surface area contributed by atoms with E-state index in [1.54, 1.807) is 0 Å². The molecule has 2 aromatic carbocycles. The van der Waals surface area contributed by atoms with Crippen LogP contribution in [-0.2, 0) is 6.42 Å². The highest BCUT2D eigenvalue weighted by molar-refractivity contribution is 8.11. The summed E-state index contributed by atoms with van der Waals surface area (Å²) in [6.07, 6.45) is 0.912. The molecule has 1 aliphatic rings. The fourth-order valence-corrected chi connectivity index (χ4v) is 2.63. The van der Waals surface area contributed by atoms with Crippen LogP contribution in [0.4, 0.5) is 11.4 Å². The fourth-order valence-electron chi connectivity index (χ4n) is 2.23. The minimum absolute atomic E-state index is 0.656. The Morgan fingerprint density at radius 3 is 2.65 bits per heavy atom. The summed E-state index contributed by atoms with van der Waals surface area (Å²) in [5.74, 6) is 0. The van der Waals surface area contributed by atoms with Gasteiger partial charge in [0.05, 0.1) is 4.20 Å². The zero-order chi connectivity index (χ0) is 11.8. The predicted molar refractivity (Wildman–Crippen MR) is 79.7 cm³/mol. The molecule has 0 saturated heterocycles. The van der Waals surface area contributed by atoms with E-state index in [1.165, 1.54) is 16.8 Å². The Labute approximate surface area is 111 Å². The van der Waals surface area contributed by atoms with Crippen molar-refractivity contribution in [1.29, 1.82) is 0 Å². The van der Waals surface area contributed by atoms with Gasteiger partial charge in [-0.05, 0) is 23.3 Å². The average molecular weight is 257 g/mol. The number of hydrogen-bond donors (Lipinski definition) is 2. The van der Waals surface area contributed by atoms with Crippen molar-refractivity contribution in [1.82, 2.24) is 0 Å². The maximum Gasteiger partial charge on any atom is 0.0751 e. The van der Waals surface area contributed by atoms with Gasteiger partial charge in [0.15, 0.2) is 0 Å². The van der Waals surface area contributed by atoms with Gasteiger partial charge in [-0.2, -0.15) is 0 Å². The van der Waals surface area contributed by atoms with E-state index in [9.17, 15) is 0 Å². The average Bonchev–Trinajstić information content (AvgIpc) is 2.35. The van der Waals surface area contributed by atoms with Gasteiger partial charge in [-0.1, -0.05) is 42.5 Å². The Hall–Kier alpha value is -1.32. The number of fused-ring (bicyclic) bond motifs is 2. The summed E-state index contributed by atoms with van der Waals surface area (Å²) in [5.41, 5.74) is 5.92. The van der Waals surface area contributed by atoms with Crippen molar-refractivity contribution in [3.05, 3.63) is 59.2 Å². The standard InChI is InChI=1S/C14H11NS2/c16-14(17)10-5-3-7-13-11(10)8-9-4-1-2-6-12(9)15-13/h1-7,15H,8H2,(H,16,17). The summed E-state index contributed by atoms with van der Waals surface area (Å²) >= 11 is 9.48. The minimum Gasteiger partial charge on any atom is -0.355 e. The fraction of sp³-hybridized carbons (Fsp3) is 0.0714. The monoisotopic (exact) mass is 257 g/mol. The number of rotatable bonds is 1. The van der Waals surface area contributed by atoms with E-state index in [0.717, 1.165) is 17.7 Å². The molecule has 0 radical (unpaired) electrons. The summed E-state index contributed by atoms with van der Waals surface area (Å²) in [4.78, 5) is 0. The first kappa shape index (κ1) is 10.8. The summed E-state index contributed by atoms with van der Waals surface area (Å²) in [6.45, 7) is 0. The van der Waals surface area contributed by atoms with E-state index in [2.05, 4.69) is 42.2 Å². The highest BCUT2D eigenvalue weighted by Gasteiger charge is 2.17. The van der Waals surface area contributed by atoms with Crippen LogP contribution < -0.4 is 5.32 Å². The normalized spacial score (nSPS) is 12.3. The molecular weight excluding hydrogens is 246 g/mol. The van der Waals surface area contributed by atoms with E-state index in [1.807, 2.05) is 18.2 Å². The first-order valence-electron chi connectivity index (χ1n) is 5.46. The minimum atomic E-state index is 0.656. The van der Waals surface area contributed by atoms with Crippen LogP contribution in [0, 0.1) is 0 Å². The Morgan fingerprint density at radius 2 is 1.82 bits per heavy atom. The topological polar surface area (TPSA) is 12.0 Å². The van der Waals surface area contributed by atoms with Crippen molar-refractivity contribution in [3.63, 3.8) is 0 Å². The number of thiol groups is 1. The smallest absolute Gasteiger partial charge is 0.0751 e. The van der Waals surface area contributed by atoms with Crippen LogP contribution >= 0.6 is 24.8 Å². The van der Waals surface area contributed by atoms with Gasteiger partial charge in [0.25, 0.3) is 0 Å². The Balaban J connectivity index is 2.15. The van der Waals surface area contributed by atoms with Crippen molar-refractivity contribution in [2.24, 2.45) is 0 Å². The van der Waals surface area contributed by atoms with E-state index < -0.39 is 0 Å². The molecule has 0 bridgehead atoms. The van der Waals surface area contributed by atoms with E-state index >= 15 is 0 Å². The van der Waals surface area contributed by atoms with Gasteiger partial charge in [0.2, 0.25) is 0 Å². The third kappa shape index (κ3) is 1.85. The number of hydrogen-bond acceptors (Lipinski definition) is 2. The maximum absolute atomic E-state index is 5.18. The van der Waals surface area contributed by atoms with Crippen LogP contribution in [0.5, 0.6) is 0 Å². The summed E-state index contributed by atoms with van der Waals surface area (Å²) in [5, 5.41) is 3.44. The van der Waals surface area contributed by atoms with Crippen LogP contribution in [-0.4, -0.2) is 4.20 Å². The molecule has 0 saturated carbocycles. The Bertz CT molecular complexity index is 605. The maximum atomic E-state index is 5.18. The Kier molecular flexibility index (Phi) is 2.65. The van der Waals surface area contributed by atoms with Crippen LogP contribution in [0.3, 0.4) is 0 Å². The quantitative estimate of drug-likeness (QED) is 0.506. The molecule has 0 aromatic heterocycles. The number of thiocarbonyl (C=S) groups is 1. The van der Waals surface area contributed by atoms with Crippen molar-refractivity contribution in [2.75, 3.05) is 5.32 Å². The first-order chi connectivity index (χ1) is 8.25. The lowest BCUT2D eigenvalue weighted by molar-refractivity contribution is 1.15. The molecule has 17 heavy (non-hydrogen) atoms. The highest BCUT2D eigenvalue weighted by atomic mass is 32.1. The molecule has 1 aliphatic heterocycles. The highest BCUT2D eigenvalue weighted by Crippen LogP contribution is 2.34. The van der Waals surface area contributed by atoms with Gasteiger partial charge >= 0.3 is 0 Å². The zero-order valence-corrected chi connectivity index (χ0v) is 10.8. The lowest BCUT2D eigenvalue weighted by Gasteiger charge is -2.23. The van der Waals surface area contributed by atoms with E-state index in [0.29, 0.717) is 4.20 Å². The van der Waals surface area contributed by atoms with Gasteiger partial charge in [-0.15, -0.1) is 12.6 Å². The van der Waals surface area contributed by atoms with Crippen LogP contribution in [0.1, 0.15) is 16.7 Å². The Morgan fingerprint density at radius 1 is 1.06 bits per heavy atom. The molecule has 84 valence electrons. The molecule has 3 rings (SSSR count). The van der Waals surface area contributed by atoms with Crippen LogP contribution in [0.2, 0.25) is 0 Å². The van der Waals surface area contributed by atoms with E-state index in [4.69, 9.17) is 12.2 Å². The molecule has 2 aromatic rings. The lowest BCUT2D eigenvalue weighted by Crippen LogP contribution is -2.10. The molecule has 0 spiro atoms. The second kappa shape index (κ2) is 4.17. The molecule has 0 fully saturated rings. The van der Waals surface area contributed by atoms with Crippen LogP contribution in [0.15, 0.2) is 42.5 Å². The molecule has 1 N–H and O–H groups in total. The predicted octanol–water partition coefficient (Wildman–Crippen LogP) is 3.94. The largest absolute Gasteiger partial charge is 0.355 e. The SMILES string of the molecule is S=C(S)c1cccc2c1Cc1ccccc1N2. The number of benzene rings is 2. The third-order valence-electron chi connectivity index (χ3n) is 3.06. The molecule has 0 atom stereocenters. The molecule has 0 unspecified atom stereocenters. The summed E-state index contributed by atoms with van der Waals surface area (Å²) in [6, 6.07) is 14.5. The molecule has 0 amide bonds. The zero-order valence-electron chi connectivity index (χ0n) is 9.10. The number of anilines is 2. The van der Waals surface area contributed by atoms with Crippen molar-refractivity contribution < 1.29 is 0 Å². The second-order valence-electron chi connectivity index (χ2n) is 4.10. The lowest BCUT2D eigenvalue weighted by atomic mass is 9.94. The summed E-state index contributed by atoms with van der Waals surface area (Å²) < 4.78 is 0.656. The number of para-hydroxylation sites is 1.